The number of nitrogens with zero attached hydrogens (tertiary/aromatic N) is 1. The molecular weight excluding hydrogens is 492 g/mol. The molecule has 0 spiro atoms. The monoisotopic (exact) mass is 524 g/mol. The van der Waals surface area contributed by atoms with Crippen molar-refractivity contribution in [2.75, 3.05) is 13.7 Å². The number of hydrogen-bond acceptors (Lipinski definition) is 6. The minimum Gasteiger partial charge on any atom is -0.507 e. The number of nitrogens with one attached hydrogen (secondary N) is 1. The van der Waals surface area contributed by atoms with Crippen LogP contribution in [0.4, 0.5) is 4.79 Å². The zero-order valence-corrected chi connectivity index (χ0v) is 22.2. The minimum atomic E-state index is -3.91. The standard InChI is InChI=1S/C28H32N2O6S/c1-28(2,3)30(19-21-8-6-5-7-9-21)27(33)36-17-16-20-10-12-22(13-11-20)37(34,35)23-14-15-25(31)24(18-23)26(32)29-4/h5-15,18,31H,16-17,19H2,1-4H3,(H,29,32). The van der Waals surface area contributed by atoms with E-state index in [2.05, 4.69) is 5.32 Å². The second kappa shape index (κ2) is 11.5. The van der Waals surface area contributed by atoms with Crippen molar-refractivity contribution in [3.63, 3.8) is 0 Å². The van der Waals surface area contributed by atoms with E-state index in [1.54, 1.807) is 17.0 Å². The highest BCUT2D eigenvalue weighted by Gasteiger charge is 2.28. The number of phenols is 1. The van der Waals surface area contributed by atoms with Crippen LogP contribution in [-0.4, -0.2) is 49.6 Å². The molecule has 0 heterocycles. The van der Waals surface area contributed by atoms with E-state index in [9.17, 15) is 23.1 Å². The first-order valence-corrected chi connectivity index (χ1v) is 13.3. The molecule has 37 heavy (non-hydrogen) atoms. The molecule has 0 saturated carbocycles. The average molecular weight is 525 g/mol. The molecule has 2 N–H and O–H groups in total. The molecule has 0 aliphatic carbocycles. The summed E-state index contributed by atoms with van der Waals surface area (Å²) in [5.74, 6) is -0.898. The normalized spacial score (nSPS) is 11.6. The van der Waals surface area contributed by atoms with E-state index in [0.717, 1.165) is 17.2 Å². The van der Waals surface area contributed by atoms with Crippen LogP contribution in [0.25, 0.3) is 0 Å². The van der Waals surface area contributed by atoms with Gasteiger partial charge in [-0.2, -0.15) is 0 Å². The number of aromatic hydroxyl groups is 1. The maximum Gasteiger partial charge on any atom is 0.410 e. The summed E-state index contributed by atoms with van der Waals surface area (Å²) in [7, 11) is -2.52. The van der Waals surface area contributed by atoms with Gasteiger partial charge in [0.1, 0.15) is 5.75 Å². The highest BCUT2D eigenvalue weighted by Crippen LogP contribution is 2.26. The van der Waals surface area contributed by atoms with Crippen molar-refractivity contribution in [2.24, 2.45) is 0 Å². The van der Waals surface area contributed by atoms with Crippen molar-refractivity contribution in [1.82, 2.24) is 10.2 Å². The maximum atomic E-state index is 13.1. The number of rotatable bonds is 8. The van der Waals surface area contributed by atoms with Gasteiger partial charge in [0.25, 0.3) is 5.91 Å². The summed E-state index contributed by atoms with van der Waals surface area (Å²) in [4.78, 5) is 26.4. The van der Waals surface area contributed by atoms with Crippen LogP contribution in [0.3, 0.4) is 0 Å². The summed E-state index contributed by atoms with van der Waals surface area (Å²) >= 11 is 0. The highest BCUT2D eigenvalue weighted by molar-refractivity contribution is 7.91. The van der Waals surface area contributed by atoms with E-state index in [4.69, 9.17) is 4.74 Å². The lowest BCUT2D eigenvalue weighted by atomic mass is 10.1. The van der Waals surface area contributed by atoms with E-state index in [0.29, 0.717) is 13.0 Å². The summed E-state index contributed by atoms with van der Waals surface area (Å²) < 4.78 is 31.6. The third kappa shape index (κ3) is 6.89. The Bertz CT molecular complexity index is 1350. The zero-order chi connectivity index (χ0) is 27.2. The van der Waals surface area contributed by atoms with Crippen molar-refractivity contribution in [3.8, 4) is 5.75 Å². The molecule has 9 heteroatoms. The van der Waals surface area contributed by atoms with Crippen LogP contribution in [0, 0.1) is 0 Å². The fourth-order valence-electron chi connectivity index (χ4n) is 3.65. The van der Waals surface area contributed by atoms with Gasteiger partial charge in [0.2, 0.25) is 9.84 Å². The van der Waals surface area contributed by atoms with Gasteiger partial charge in [-0.15, -0.1) is 0 Å². The van der Waals surface area contributed by atoms with Gasteiger partial charge in [-0.1, -0.05) is 42.5 Å². The van der Waals surface area contributed by atoms with Crippen molar-refractivity contribution in [1.29, 1.82) is 0 Å². The molecular formula is C28H32N2O6S. The lowest BCUT2D eigenvalue weighted by Gasteiger charge is -2.34. The smallest absolute Gasteiger partial charge is 0.410 e. The number of carbonyl (C=O) groups is 2. The van der Waals surface area contributed by atoms with Gasteiger partial charge in [0.15, 0.2) is 0 Å². The van der Waals surface area contributed by atoms with Crippen molar-refractivity contribution in [3.05, 3.63) is 89.5 Å². The van der Waals surface area contributed by atoms with Gasteiger partial charge in [-0.05, 0) is 62.2 Å². The molecule has 0 aliphatic heterocycles. The third-order valence-corrected chi connectivity index (χ3v) is 7.58. The molecule has 0 saturated heterocycles. The highest BCUT2D eigenvalue weighted by atomic mass is 32.2. The quantitative estimate of drug-likeness (QED) is 0.447. The Labute approximate surface area is 217 Å². The van der Waals surface area contributed by atoms with Gasteiger partial charge in [0.05, 0.1) is 22.0 Å². The topological polar surface area (TPSA) is 113 Å². The molecule has 3 aromatic rings. The van der Waals surface area contributed by atoms with Crippen LogP contribution >= 0.6 is 0 Å². The van der Waals surface area contributed by atoms with E-state index in [1.165, 1.54) is 31.3 Å². The van der Waals surface area contributed by atoms with Gasteiger partial charge in [-0.25, -0.2) is 13.2 Å². The summed E-state index contributed by atoms with van der Waals surface area (Å²) in [6.07, 6.45) is -0.00936. The molecule has 2 amide bonds. The maximum absolute atomic E-state index is 13.1. The Balaban J connectivity index is 1.65. The van der Waals surface area contributed by atoms with Gasteiger partial charge in [0, 0.05) is 25.6 Å². The number of carbonyl (C=O) groups excluding carboxylic acids is 2. The molecule has 0 aliphatic rings. The first-order chi connectivity index (χ1) is 17.4. The second-order valence-electron chi connectivity index (χ2n) is 9.51. The Hall–Kier alpha value is -3.85. The molecule has 3 aromatic carbocycles. The SMILES string of the molecule is CNC(=O)c1cc(S(=O)(=O)c2ccc(CCOC(=O)N(Cc3ccccc3)C(C)(C)C)cc2)ccc1O. The number of phenolic OH excluding ortho intramolecular Hbond substituents is 1. The number of hydrogen-bond donors (Lipinski definition) is 2. The predicted molar refractivity (Wildman–Crippen MR) is 140 cm³/mol. The van der Waals surface area contributed by atoms with Crippen LogP contribution in [-0.2, 0) is 27.5 Å². The summed E-state index contributed by atoms with van der Waals surface area (Å²) in [5, 5.41) is 12.3. The molecule has 0 atom stereocenters. The molecule has 8 nitrogen and oxygen atoms in total. The lowest BCUT2D eigenvalue weighted by Crippen LogP contribution is -2.45. The number of ether oxygens (including phenoxy) is 1. The summed E-state index contributed by atoms with van der Waals surface area (Å²) in [6.45, 7) is 6.40. The first-order valence-electron chi connectivity index (χ1n) is 11.8. The van der Waals surface area contributed by atoms with E-state index < -0.39 is 27.4 Å². The van der Waals surface area contributed by atoms with Crippen molar-refractivity contribution >= 4 is 21.8 Å². The lowest BCUT2D eigenvalue weighted by molar-refractivity contribution is 0.0644. The Morgan fingerprint density at radius 3 is 2.14 bits per heavy atom. The Morgan fingerprint density at radius 1 is 0.919 bits per heavy atom. The average Bonchev–Trinajstić information content (AvgIpc) is 2.87. The van der Waals surface area contributed by atoms with Crippen LogP contribution in [0.15, 0.2) is 82.6 Å². The molecule has 0 fully saturated rings. The predicted octanol–water partition coefficient (Wildman–Crippen LogP) is 4.56. The van der Waals surface area contributed by atoms with E-state index in [-0.39, 0.29) is 27.7 Å². The van der Waals surface area contributed by atoms with Crippen molar-refractivity contribution in [2.45, 2.75) is 49.1 Å². The molecule has 0 unspecified atom stereocenters. The molecule has 0 bridgehead atoms. The molecule has 196 valence electrons. The van der Waals surface area contributed by atoms with Crippen LogP contribution < -0.4 is 5.32 Å². The number of amides is 2. The van der Waals surface area contributed by atoms with Crippen LogP contribution in [0.1, 0.15) is 42.3 Å². The zero-order valence-electron chi connectivity index (χ0n) is 21.4. The molecule has 3 rings (SSSR count). The number of benzene rings is 3. The molecule has 0 radical (unpaired) electrons. The van der Waals surface area contributed by atoms with E-state index in [1.807, 2.05) is 51.1 Å². The fraction of sp³-hybridized carbons (Fsp3) is 0.286. The largest absolute Gasteiger partial charge is 0.507 e. The Kier molecular flexibility index (Phi) is 8.60. The van der Waals surface area contributed by atoms with E-state index >= 15 is 0 Å². The van der Waals surface area contributed by atoms with Crippen LogP contribution in [0.5, 0.6) is 5.75 Å². The van der Waals surface area contributed by atoms with Gasteiger partial charge >= 0.3 is 6.09 Å². The summed E-state index contributed by atoms with van der Waals surface area (Å²) in [6, 6.07) is 19.5. The third-order valence-electron chi connectivity index (χ3n) is 5.81. The Morgan fingerprint density at radius 2 is 1.54 bits per heavy atom. The first kappa shape index (κ1) is 27.7. The summed E-state index contributed by atoms with van der Waals surface area (Å²) in [5.41, 5.74) is 1.24. The van der Waals surface area contributed by atoms with Crippen molar-refractivity contribution < 1.29 is 27.9 Å². The minimum absolute atomic E-state index is 0.0450. The van der Waals surface area contributed by atoms with Crippen LogP contribution in [0.2, 0.25) is 0 Å². The van der Waals surface area contributed by atoms with Gasteiger partial charge in [-0.3, -0.25) is 9.69 Å². The number of sulfone groups is 1. The second-order valence-corrected chi connectivity index (χ2v) is 11.5. The van der Waals surface area contributed by atoms with Gasteiger partial charge < -0.3 is 15.2 Å². The fourth-order valence-corrected chi connectivity index (χ4v) is 4.93. The molecule has 0 aromatic heterocycles.